The van der Waals surface area contributed by atoms with Gasteiger partial charge in [0.05, 0.1) is 5.60 Å². The van der Waals surface area contributed by atoms with Crippen molar-refractivity contribution < 1.29 is 9.90 Å². The van der Waals surface area contributed by atoms with Gasteiger partial charge in [-0.05, 0) is 32.1 Å². The number of carbonyl (C=O) groups is 1. The van der Waals surface area contributed by atoms with Gasteiger partial charge in [-0.1, -0.05) is 120 Å². The van der Waals surface area contributed by atoms with Crippen molar-refractivity contribution in [3.63, 3.8) is 0 Å². The summed E-state index contributed by atoms with van der Waals surface area (Å²) in [5.74, 6) is -0.172. The Morgan fingerprint density at radius 2 is 1.29 bits per heavy atom. The third-order valence-electron chi connectivity index (χ3n) is 5.04. The molecule has 31 heavy (non-hydrogen) atoms. The first-order valence-electron chi connectivity index (χ1n) is 12.1. The molecule has 3 heteroatoms. The van der Waals surface area contributed by atoms with Crippen molar-refractivity contribution in [1.29, 1.82) is 0 Å². The Morgan fingerprint density at radius 3 is 1.84 bits per heavy atom. The molecule has 0 aromatic heterocycles. The molecular formula is C28H45NO2. The summed E-state index contributed by atoms with van der Waals surface area (Å²) in [7, 11) is 0. The summed E-state index contributed by atoms with van der Waals surface area (Å²) < 4.78 is 0. The number of hydrogen-bond donors (Lipinski definition) is 2. The highest BCUT2D eigenvalue weighted by Crippen LogP contribution is 2.18. The molecule has 0 rings (SSSR count). The van der Waals surface area contributed by atoms with Crippen molar-refractivity contribution >= 4 is 5.91 Å². The van der Waals surface area contributed by atoms with Gasteiger partial charge in [0, 0.05) is 12.6 Å². The van der Waals surface area contributed by atoms with E-state index in [0.29, 0.717) is 13.0 Å². The third-order valence-corrected chi connectivity index (χ3v) is 5.04. The van der Waals surface area contributed by atoms with E-state index >= 15 is 0 Å². The van der Waals surface area contributed by atoms with E-state index in [1.54, 1.807) is 6.08 Å². The van der Waals surface area contributed by atoms with Gasteiger partial charge < -0.3 is 10.4 Å². The zero-order valence-electron chi connectivity index (χ0n) is 20.1. The monoisotopic (exact) mass is 427 g/mol. The maximum Gasteiger partial charge on any atom is 0.244 e. The second kappa shape index (κ2) is 21.1. The molecule has 0 saturated heterocycles. The normalized spacial score (nSPS) is 14.8. The first kappa shape index (κ1) is 28.9. The van der Waals surface area contributed by atoms with Crippen LogP contribution in [0.15, 0.2) is 72.9 Å². The molecular weight excluding hydrogens is 382 g/mol. The van der Waals surface area contributed by atoms with Gasteiger partial charge >= 0.3 is 0 Å². The van der Waals surface area contributed by atoms with Crippen LogP contribution in [-0.2, 0) is 4.79 Å². The van der Waals surface area contributed by atoms with Crippen LogP contribution in [0.3, 0.4) is 0 Å². The van der Waals surface area contributed by atoms with Crippen LogP contribution in [0, 0.1) is 0 Å². The Balaban J connectivity index is 3.96. The molecule has 0 aliphatic carbocycles. The number of aliphatic hydroxyl groups is 1. The Labute approximate surface area is 191 Å². The summed E-state index contributed by atoms with van der Waals surface area (Å²) in [5, 5.41) is 13.3. The van der Waals surface area contributed by atoms with E-state index < -0.39 is 5.60 Å². The summed E-state index contributed by atoms with van der Waals surface area (Å²) in [4.78, 5) is 11.9. The van der Waals surface area contributed by atoms with E-state index in [0.717, 1.165) is 44.9 Å². The first-order chi connectivity index (χ1) is 15.1. The summed E-state index contributed by atoms with van der Waals surface area (Å²) in [5.41, 5.74) is -0.799. The van der Waals surface area contributed by atoms with Crippen LogP contribution >= 0.6 is 0 Å². The lowest BCUT2D eigenvalue weighted by atomic mass is 9.93. The maximum absolute atomic E-state index is 11.9. The van der Waals surface area contributed by atoms with Crippen LogP contribution in [0.4, 0.5) is 0 Å². The number of unbranched alkanes of at least 4 members (excludes halogenated alkanes) is 5. The molecule has 1 atom stereocenters. The highest BCUT2D eigenvalue weighted by molar-refractivity contribution is 5.87. The number of allylic oxidation sites excluding steroid dienone is 11. The highest BCUT2D eigenvalue weighted by Gasteiger charge is 2.24. The molecule has 2 N–H and O–H groups in total. The molecule has 0 bridgehead atoms. The second-order valence-corrected chi connectivity index (χ2v) is 7.89. The molecule has 0 heterocycles. The molecule has 0 radical (unpaired) electrons. The summed E-state index contributed by atoms with van der Waals surface area (Å²) in [6.07, 6.45) is 34.0. The van der Waals surface area contributed by atoms with Gasteiger partial charge in [0.25, 0.3) is 0 Å². The van der Waals surface area contributed by atoms with Crippen molar-refractivity contribution in [1.82, 2.24) is 5.32 Å². The number of nitrogens with one attached hydrogen (secondary N) is 1. The van der Waals surface area contributed by atoms with Crippen LogP contribution in [0.2, 0.25) is 0 Å². The molecule has 174 valence electrons. The maximum atomic E-state index is 11.9. The molecule has 1 amide bonds. The molecule has 3 nitrogen and oxygen atoms in total. The van der Waals surface area contributed by atoms with Crippen LogP contribution in [0.5, 0.6) is 0 Å². The molecule has 0 aromatic carbocycles. The molecule has 0 aliphatic heterocycles. The van der Waals surface area contributed by atoms with Gasteiger partial charge in [-0.3, -0.25) is 4.79 Å². The fourth-order valence-electron chi connectivity index (χ4n) is 2.84. The first-order valence-corrected chi connectivity index (χ1v) is 12.1. The molecule has 0 fully saturated rings. The predicted octanol–water partition coefficient (Wildman–Crippen LogP) is 7.13. The van der Waals surface area contributed by atoms with Crippen molar-refractivity contribution in [3.05, 3.63) is 72.9 Å². The fourth-order valence-corrected chi connectivity index (χ4v) is 2.84. The van der Waals surface area contributed by atoms with E-state index in [9.17, 15) is 9.90 Å². The van der Waals surface area contributed by atoms with E-state index in [-0.39, 0.29) is 5.91 Å². The van der Waals surface area contributed by atoms with Crippen molar-refractivity contribution in [2.45, 2.75) is 90.6 Å². The molecule has 0 aliphatic rings. The van der Waals surface area contributed by atoms with Gasteiger partial charge in [0.1, 0.15) is 0 Å². The van der Waals surface area contributed by atoms with Gasteiger partial charge in [0.15, 0.2) is 0 Å². The minimum absolute atomic E-state index is 0.172. The van der Waals surface area contributed by atoms with Crippen molar-refractivity contribution in [2.24, 2.45) is 0 Å². The predicted molar refractivity (Wildman–Crippen MR) is 136 cm³/mol. The van der Waals surface area contributed by atoms with Crippen molar-refractivity contribution in [3.8, 4) is 0 Å². The van der Waals surface area contributed by atoms with E-state index in [1.807, 2.05) is 25.2 Å². The SMILES string of the molecule is CCCCC=CC=CC=CCCC=CC=CC=CC(=O)NCC(O)(CC)CCCCC. The quantitative estimate of drug-likeness (QED) is 0.139. The van der Waals surface area contributed by atoms with Crippen LogP contribution < -0.4 is 5.32 Å². The third kappa shape index (κ3) is 19.6. The highest BCUT2D eigenvalue weighted by atomic mass is 16.3. The number of hydrogen-bond acceptors (Lipinski definition) is 2. The van der Waals surface area contributed by atoms with E-state index in [4.69, 9.17) is 0 Å². The Morgan fingerprint density at radius 1 is 0.742 bits per heavy atom. The fraction of sp³-hybridized carbons (Fsp3) is 0.536. The second-order valence-electron chi connectivity index (χ2n) is 7.89. The van der Waals surface area contributed by atoms with E-state index in [2.05, 4.69) is 61.7 Å². The number of amides is 1. The van der Waals surface area contributed by atoms with Gasteiger partial charge in [-0.2, -0.15) is 0 Å². The van der Waals surface area contributed by atoms with Gasteiger partial charge in [0.2, 0.25) is 5.91 Å². The summed E-state index contributed by atoms with van der Waals surface area (Å²) in [6.45, 7) is 6.61. The molecule has 0 aromatic rings. The summed E-state index contributed by atoms with van der Waals surface area (Å²) in [6, 6.07) is 0. The molecule has 0 saturated carbocycles. The van der Waals surface area contributed by atoms with Crippen molar-refractivity contribution in [2.75, 3.05) is 6.54 Å². The molecule has 1 unspecified atom stereocenters. The smallest absolute Gasteiger partial charge is 0.244 e. The minimum atomic E-state index is -0.799. The lowest BCUT2D eigenvalue weighted by molar-refractivity contribution is -0.117. The van der Waals surface area contributed by atoms with E-state index in [1.165, 1.54) is 18.9 Å². The zero-order valence-corrected chi connectivity index (χ0v) is 20.1. The Hall–Kier alpha value is -2.13. The standard InChI is InChI=1S/C28H45NO2/c1-4-7-9-10-11-12-13-14-15-16-17-18-19-20-21-22-24-27(30)29-26-28(31,6-3)25-23-8-5-2/h10-15,18-22,24,31H,4-9,16-17,23,25-26H2,1-3H3,(H,29,30). The number of carbonyl (C=O) groups excluding carboxylic acids is 1. The lowest BCUT2D eigenvalue weighted by Gasteiger charge is -2.26. The molecule has 0 spiro atoms. The summed E-state index contributed by atoms with van der Waals surface area (Å²) >= 11 is 0. The average Bonchev–Trinajstić information content (AvgIpc) is 2.77. The zero-order chi connectivity index (χ0) is 23.0. The largest absolute Gasteiger partial charge is 0.388 e. The van der Waals surface area contributed by atoms with Crippen LogP contribution in [0.25, 0.3) is 0 Å². The van der Waals surface area contributed by atoms with Crippen LogP contribution in [0.1, 0.15) is 85.0 Å². The average molecular weight is 428 g/mol. The van der Waals surface area contributed by atoms with Crippen LogP contribution in [-0.4, -0.2) is 23.2 Å². The topological polar surface area (TPSA) is 49.3 Å². The van der Waals surface area contributed by atoms with Gasteiger partial charge in [-0.25, -0.2) is 0 Å². The lowest BCUT2D eigenvalue weighted by Crippen LogP contribution is -2.42. The minimum Gasteiger partial charge on any atom is -0.388 e. The Kier molecular flexibility index (Phi) is 19.7. The Bertz CT molecular complexity index is 611. The number of rotatable bonds is 18. The van der Waals surface area contributed by atoms with Gasteiger partial charge in [-0.15, -0.1) is 0 Å².